The van der Waals surface area contributed by atoms with Gasteiger partial charge in [-0.1, -0.05) is 20.8 Å². The van der Waals surface area contributed by atoms with Crippen LogP contribution in [0.25, 0.3) is 0 Å². The Balaban J connectivity index is 2.63. The first-order chi connectivity index (χ1) is 9.35. The number of hydrogen-bond acceptors (Lipinski definition) is 4. The molecule has 1 unspecified atom stereocenters. The maximum atomic E-state index is 12.2. The molecule has 0 amide bonds. The van der Waals surface area contributed by atoms with E-state index in [2.05, 4.69) is 30.8 Å². The molecule has 2 N–H and O–H groups in total. The van der Waals surface area contributed by atoms with Gasteiger partial charge in [-0.05, 0) is 49.2 Å². The highest BCUT2D eigenvalue weighted by Crippen LogP contribution is 2.21. The van der Waals surface area contributed by atoms with Gasteiger partial charge in [0.1, 0.15) is 4.21 Å². The van der Waals surface area contributed by atoms with Crippen LogP contribution in [0.3, 0.4) is 0 Å². The standard InChI is InChI=1S/C14H26N2O2S2/c1-5-6-15-9-13-8-14(19-10-13)20(17,18)16-12(4)7-11(2)3/h8,10-12,15-16H,5-7,9H2,1-4H3. The Bertz CT molecular complexity index is 495. The molecule has 1 atom stereocenters. The lowest BCUT2D eigenvalue weighted by molar-refractivity contribution is 0.483. The van der Waals surface area contributed by atoms with Crippen LogP contribution in [-0.2, 0) is 16.6 Å². The van der Waals surface area contributed by atoms with E-state index in [-0.39, 0.29) is 6.04 Å². The van der Waals surface area contributed by atoms with Crippen LogP contribution < -0.4 is 10.0 Å². The Morgan fingerprint density at radius 2 is 2.00 bits per heavy atom. The van der Waals surface area contributed by atoms with Crippen molar-refractivity contribution in [1.82, 2.24) is 10.0 Å². The molecule has 0 aliphatic heterocycles. The van der Waals surface area contributed by atoms with Crippen LogP contribution in [0.4, 0.5) is 0 Å². The lowest BCUT2D eigenvalue weighted by atomic mass is 10.1. The zero-order valence-corrected chi connectivity index (χ0v) is 14.4. The molecule has 6 heteroatoms. The Labute approximate surface area is 127 Å². The smallest absolute Gasteiger partial charge is 0.250 e. The average Bonchev–Trinajstić information content (AvgIpc) is 2.76. The van der Waals surface area contributed by atoms with Crippen molar-refractivity contribution in [3.8, 4) is 0 Å². The molecule has 0 spiro atoms. The third-order valence-corrected chi connectivity index (χ3v) is 5.91. The Kier molecular flexibility index (Phi) is 7.15. The van der Waals surface area contributed by atoms with Gasteiger partial charge in [-0.3, -0.25) is 0 Å². The topological polar surface area (TPSA) is 58.2 Å². The number of thiophene rings is 1. The Morgan fingerprint density at radius 1 is 1.30 bits per heavy atom. The summed E-state index contributed by atoms with van der Waals surface area (Å²) in [6.07, 6.45) is 1.92. The van der Waals surface area contributed by atoms with Gasteiger partial charge in [-0.2, -0.15) is 0 Å². The maximum Gasteiger partial charge on any atom is 0.250 e. The van der Waals surface area contributed by atoms with E-state index in [4.69, 9.17) is 0 Å². The quantitative estimate of drug-likeness (QED) is 0.688. The van der Waals surface area contributed by atoms with Gasteiger partial charge in [0, 0.05) is 12.6 Å². The average molecular weight is 319 g/mol. The molecular formula is C14H26N2O2S2. The molecule has 1 aromatic rings. The highest BCUT2D eigenvalue weighted by atomic mass is 32.2. The summed E-state index contributed by atoms with van der Waals surface area (Å²) in [5.41, 5.74) is 1.03. The first-order valence-corrected chi connectivity index (χ1v) is 9.52. The van der Waals surface area contributed by atoms with E-state index in [1.54, 1.807) is 6.07 Å². The molecule has 116 valence electrons. The van der Waals surface area contributed by atoms with E-state index in [9.17, 15) is 8.42 Å². The second-order valence-electron chi connectivity index (χ2n) is 5.60. The van der Waals surface area contributed by atoms with Crippen molar-refractivity contribution in [2.45, 2.75) is 57.3 Å². The Morgan fingerprint density at radius 3 is 2.60 bits per heavy atom. The summed E-state index contributed by atoms with van der Waals surface area (Å²) in [6.45, 7) is 9.87. The van der Waals surface area contributed by atoms with Crippen LogP contribution in [0.15, 0.2) is 15.7 Å². The van der Waals surface area contributed by atoms with Gasteiger partial charge < -0.3 is 5.32 Å². The predicted molar refractivity (Wildman–Crippen MR) is 85.6 cm³/mol. The molecule has 0 bridgehead atoms. The number of sulfonamides is 1. The van der Waals surface area contributed by atoms with E-state index in [0.717, 1.165) is 31.5 Å². The highest BCUT2D eigenvalue weighted by Gasteiger charge is 2.19. The largest absolute Gasteiger partial charge is 0.313 e. The van der Waals surface area contributed by atoms with Crippen molar-refractivity contribution >= 4 is 21.4 Å². The fourth-order valence-electron chi connectivity index (χ4n) is 2.07. The van der Waals surface area contributed by atoms with Gasteiger partial charge in [0.2, 0.25) is 10.0 Å². The molecule has 0 aliphatic rings. The van der Waals surface area contributed by atoms with E-state index >= 15 is 0 Å². The fraction of sp³-hybridized carbons (Fsp3) is 0.714. The molecule has 0 saturated carbocycles. The fourth-order valence-corrected chi connectivity index (χ4v) is 4.56. The molecule has 0 saturated heterocycles. The minimum Gasteiger partial charge on any atom is -0.313 e. The van der Waals surface area contributed by atoms with Crippen molar-refractivity contribution < 1.29 is 8.42 Å². The molecule has 1 rings (SSSR count). The molecule has 20 heavy (non-hydrogen) atoms. The minimum absolute atomic E-state index is 0.0382. The van der Waals surface area contributed by atoms with Crippen molar-refractivity contribution in [1.29, 1.82) is 0 Å². The van der Waals surface area contributed by atoms with E-state index in [1.807, 2.05) is 12.3 Å². The molecule has 4 nitrogen and oxygen atoms in total. The van der Waals surface area contributed by atoms with Gasteiger partial charge in [0.05, 0.1) is 0 Å². The zero-order valence-electron chi connectivity index (χ0n) is 12.8. The Hall–Kier alpha value is -0.430. The van der Waals surface area contributed by atoms with E-state index in [0.29, 0.717) is 10.1 Å². The molecule has 1 heterocycles. The summed E-state index contributed by atoms with van der Waals surface area (Å²) >= 11 is 1.28. The molecular weight excluding hydrogens is 292 g/mol. The summed E-state index contributed by atoms with van der Waals surface area (Å²) in [5.74, 6) is 0.477. The first-order valence-electron chi connectivity index (χ1n) is 7.15. The van der Waals surface area contributed by atoms with Crippen molar-refractivity contribution in [2.24, 2.45) is 5.92 Å². The normalized spacial score (nSPS) is 13.8. The van der Waals surface area contributed by atoms with Crippen LogP contribution in [0.1, 0.15) is 46.1 Å². The number of rotatable bonds is 9. The SMILES string of the molecule is CCCNCc1csc(S(=O)(=O)NC(C)CC(C)C)c1. The second-order valence-corrected chi connectivity index (χ2v) is 8.45. The summed E-state index contributed by atoms with van der Waals surface area (Å²) < 4.78 is 27.6. The summed E-state index contributed by atoms with van der Waals surface area (Å²) in [5, 5.41) is 5.18. The summed E-state index contributed by atoms with van der Waals surface area (Å²) in [7, 11) is -3.37. The lowest BCUT2D eigenvalue weighted by Crippen LogP contribution is -2.33. The maximum absolute atomic E-state index is 12.2. The minimum atomic E-state index is -3.37. The van der Waals surface area contributed by atoms with Gasteiger partial charge in [-0.25, -0.2) is 13.1 Å². The molecule has 1 aromatic heterocycles. The first kappa shape index (κ1) is 17.6. The van der Waals surface area contributed by atoms with Crippen molar-refractivity contribution in [3.05, 3.63) is 17.0 Å². The third kappa shape index (κ3) is 5.91. The van der Waals surface area contributed by atoms with Crippen LogP contribution >= 0.6 is 11.3 Å². The number of nitrogens with one attached hydrogen (secondary N) is 2. The van der Waals surface area contributed by atoms with Gasteiger partial charge in [-0.15, -0.1) is 11.3 Å². The highest BCUT2D eigenvalue weighted by molar-refractivity contribution is 7.91. The van der Waals surface area contributed by atoms with Gasteiger partial charge in [0.25, 0.3) is 0 Å². The predicted octanol–water partition coefficient (Wildman–Crippen LogP) is 2.96. The molecule has 0 radical (unpaired) electrons. The van der Waals surface area contributed by atoms with Gasteiger partial charge in [0.15, 0.2) is 0 Å². The molecule has 0 aromatic carbocycles. The van der Waals surface area contributed by atoms with E-state index < -0.39 is 10.0 Å². The van der Waals surface area contributed by atoms with Gasteiger partial charge >= 0.3 is 0 Å². The monoisotopic (exact) mass is 318 g/mol. The summed E-state index contributed by atoms with van der Waals surface area (Å²) in [4.78, 5) is 0. The lowest BCUT2D eigenvalue weighted by Gasteiger charge is -2.15. The second kappa shape index (κ2) is 8.12. The van der Waals surface area contributed by atoms with E-state index in [1.165, 1.54) is 11.3 Å². The van der Waals surface area contributed by atoms with Crippen molar-refractivity contribution in [2.75, 3.05) is 6.54 Å². The van der Waals surface area contributed by atoms with Crippen LogP contribution in [-0.4, -0.2) is 21.0 Å². The molecule has 0 fully saturated rings. The number of hydrogen-bond donors (Lipinski definition) is 2. The van der Waals surface area contributed by atoms with Crippen LogP contribution in [0, 0.1) is 5.92 Å². The van der Waals surface area contributed by atoms with Crippen LogP contribution in [0.5, 0.6) is 0 Å². The third-order valence-electron chi connectivity index (χ3n) is 2.83. The van der Waals surface area contributed by atoms with Crippen molar-refractivity contribution in [3.63, 3.8) is 0 Å². The van der Waals surface area contributed by atoms with Crippen LogP contribution in [0.2, 0.25) is 0 Å². The zero-order chi connectivity index (χ0) is 15.2. The summed E-state index contributed by atoms with van der Waals surface area (Å²) in [6, 6.07) is 1.72. The molecule has 0 aliphatic carbocycles.